The first kappa shape index (κ1) is 6.61. The Hall–Kier alpha value is -1.09. The zero-order valence-corrected chi connectivity index (χ0v) is 6.26. The molecule has 0 aromatic carbocycles. The highest BCUT2D eigenvalue weighted by molar-refractivity contribution is 6.29. The number of hydrogen-bond acceptors (Lipinski definition) is 3. The Bertz CT molecular complexity index is 324. The topological polar surface area (TPSA) is 39.2 Å². The molecule has 1 aromatic heterocycles. The summed E-state index contributed by atoms with van der Waals surface area (Å²) in [6, 6.07) is 3.24. The Morgan fingerprint density at radius 2 is 2.36 bits per heavy atom. The minimum absolute atomic E-state index is 0.0860. The van der Waals surface area contributed by atoms with E-state index in [4.69, 9.17) is 16.3 Å². The van der Waals surface area contributed by atoms with Crippen LogP contribution in [0.5, 0.6) is 5.75 Å². The van der Waals surface area contributed by atoms with Gasteiger partial charge in [-0.2, -0.15) is 0 Å². The summed E-state index contributed by atoms with van der Waals surface area (Å²) in [5.74, 6) is 0.418. The number of fused-ring (bicyclic) bond motifs is 1. The summed E-state index contributed by atoms with van der Waals surface area (Å²) < 4.78 is 5.00. The van der Waals surface area contributed by atoms with Gasteiger partial charge in [0.25, 0.3) is 0 Å². The van der Waals surface area contributed by atoms with E-state index in [1.807, 2.05) is 0 Å². The molecule has 0 radical (unpaired) electrons. The summed E-state index contributed by atoms with van der Waals surface area (Å²) in [6.07, 6.45) is 0. The summed E-state index contributed by atoms with van der Waals surface area (Å²) in [5, 5.41) is 0.322. The van der Waals surface area contributed by atoms with Gasteiger partial charge in [-0.15, -0.1) is 0 Å². The van der Waals surface area contributed by atoms with E-state index >= 15 is 0 Å². The molecule has 0 saturated heterocycles. The Labute approximate surface area is 68.0 Å². The Morgan fingerprint density at radius 1 is 1.55 bits per heavy atom. The predicted octanol–water partition coefficient (Wildman–Crippen LogP) is 1.31. The van der Waals surface area contributed by atoms with Crippen LogP contribution in [0.3, 0.4) is 0 Å². The van der Waals surface area contributed by atoms with Gasteiger partial charge < -0.3 is 4.74 Å². The first-order valence-corrected chi connectivity index (χ1v) is 3.48. The molecule has 3 nitrogen and oxygen atoms in total. The number of halogens is 1. The molecule has 0 amide bonds. The quantitative estimate of drug-likeness (QED) is 0.550. The van der Waals surface area contributed by atoms with Gasteiger partial charge >= 0.3 is 0 Å². The smallest absolute Gasteiger partial charge is 0.222 e. The lowest BCUT2D eigenvalue weighted by molar-refractivity contribution is 0.0958. The van der Waals surface area contributed by atoms with Gasteiger partial charge in [-0.25, -0.2) is 4.98 Å². The van der Waals surface area contributed by atoms with E-state index in [0.29, 0.717) is 16.6 Å². The maximum absolute atomic E-state index is 11.0. The maximum Gasteiger partial charge on any atom is 0.222 e. The molecule has 0 atom stereocenters. The number of pyridine rings is 1. The van der Waals surface area contributed by atoms with E-state index in [1.165, 1.54) is 0 Å². The molecule has 0 fully saturated rings. The van der Waals surface area contributed by atoms with Crippen molar-refractivity contribution in [3.63, 3.8) is 0 Å². The second kappa shape index (κ2) is 2.20. The average molecular weight is 170 g/mol. The Kier molecular flexibility index (Phi) is 1.32. The second-order valence-corrected chi connectivity index (χ2v) is 2.58. The summed E-state index contributed by atoms with van der Waals surface area (Å²) >= 11 is 5.57. The molecule has 2 rings (SSSR count). The molecule has 1 aliphatic rings. The zero-order chi connectivity index (χ0) is 7.84. The van der Waals surface area contributed by atoms with Crippen LogP contribution >= 0.6 is 11.6 Å². The number of hydrogen-bond donors (Lipinski definition) is 0. The molecule has 0 spiro atoms. The van der Waals surface area contributed by atoms with Crippen molar-refractivity contribution < 1.29 is 9.53 Å². The number of aromatic nitrogens is 1. The van der Waals surface area contributed by atoms with Crippen molar-refractivity contribution in [3.05, 3.63) is 23.0 Å². The highest BCUT2D eigenvalue weighted by Crippen LogP contribution is 2.24. The molecule has 0 aliphatic carbocycles. The van der Waals surface area contributed by atoms with E-state index < -0.39 is 0 Å². The maximum atomic E-state index is 11.0. The number of carbonyl (C=O) groups is 1. The summed E-state index contributed by atoms with van der Waals surface area (Å²) in [6.45, 7) is 0.0860. The van der Waals surface area contributed by atoms with Gasteiger partial charge in [-0.05, 0) is 12.1 Å². The molecule has 1 aliphatic heterocycles. The third-order valence-corrected chi connectivity index (χ3v) is 1.66. The zero-order valence-electron chi connectivity index (χ0n) is 5.50. The van der Waals surface area contributed by atoms with Gasteiger partial charge in [-0.1, -0.05) is 11.6 Å². The van der Waals surface area contributed by atoms with Crippen LogP contribution in [0, 0.1) is 0 Å². The molecule has 0 unspecified atom stereocenters. The lowest BCUT2D eigenvalue weighted by atomic mass is 10.3. The average Bonchev–Trinajstić information content (AvgIpc) is 2.33. The van der Waals surface area contributed by atoms with Crippen LogP contribution in [0.25, 0.3) is 0 Å². The predicted molar refractivity (Wildman–Crippen MR) is 39.1 cm³/mol. The number of nitrogens with zero attached hydrogens (tertiary/aromatic N) is 1. The third-order valence-electron chi connectivity index (χ3n) is 1.45. The summed E-state index contributed by atoms with van der Waals surface area (Å²) in [5.41, 5.74) is 0.345. The fourth-order valence-electron chi connectivity index (χ4n) is 0.950. The molecule has 0 bridgehead atoms. The third kappa shape index (κ3) is 0.973. The monoisotopic (exact) mass is 169 g/mol. The number of ketones is 1. The van der Waals surface area contributed by atoms with Gasteiger partial charge in [0.1, 0.15) is 10.9 Å². The van der Waals surface area contributed by atoms with Crippen molar-refractivity contribution in [2.24, 2.45) is 0 Å². The molecule has 2 heterocycles. The number of ether oxygens (including phenoxy) is 1. The molecule has 0 N–H and O–H groups in total. The van der Waals surface area contributed by atoms with Crippen molar-refractivity contribution in [1.29, 1.82) is 0 Å². The number of rotatable bonds is 0. The standard InChI is InChI=1S/C7H4ClNO2/c8-6-2-1-5-7(9-6)4(10)3-11-5/h1-2H,3H2. The lowest BCUT2D eigenvalue weighted by Crippen LogP contribution is -2.00. The normalized spacial score (nSPS) is 14.5. The van der Waals surface area contributed by atoms with Crippen molar-refractivity contribution in [3.8, 4) is 5.75 Å². The van der Waals surface area contributed by atoms with Crippen LogP contribution in [-0.4, -0.2) is 17.4 Å². The second-order valence-electron chi connectivity index (χ2n) is 2.19. The molecular weight excluding hydrogens is 166 g/mol. The molecular formula is C7H4ClNO2. The SMILES string of the molecule is O=C1COc2ccc(Cl)nc21. The van der Waals surface area contributed by atoms with Gasteiger partial charge in [0.05, 0.1) is 0 Å². The van der Waals surface area contributed by atoms with Crippen LogP contribution in [0.2, 0.25) is 5.15 Å². The van der Waals surface area contributed by atoms with E-state index in [9.17, 15) is 4.79 Å². The van der Waals surface area contributed by atoms with Crippen LogP contribution in [-0.2, 0) is 0 Å². The number of Topliss-reactive ketones (excluding diaryl/α,β-unsaturated/α-hetero) is 1. The molecule has 11 heavy (non-hydrogen) atoms. The fourth-order valence-corrected chi connectivity index (χ4v) is 1.10. The highest BCUT2D eigenvalue weighted by Gasteiger charge is 2.22. The summed E-state index contributed by atoms with van der Waals surface area (Å²) in [7, 11) is 0. The van der Waals surface area contributed by atoms with Gasteiger partial charge in [0.15, 0.2) is 12.3 Å². The lowest BCUT2D eigenvalue weighted by Gasteiger charge is -1.94. The van der Waals surface area contributed by atoms with E-state index in [2.05, 4.69) is 4.98 Å². The van der Waals surface area contributed by atoms with E-state index in [1.54, 1.807) is 12.1 Å². The number of carbonyl (C=O) groups excluding carboxylic acids is 1. The van der Waals surface area contributed by atoms with Gasteiger partial charge in [0, 0.05) is 0 Å². The van der Waals surface area contributed by atoms with Gasteiger partial charge in [-0.3, -0.25) is 4.79 Å². The van der Waals surface area contributed by atoms with Crippen molar-refractivity contribution in [2.75, 3.05) is 6.61 Å². The molecule has 1 aromatic rings. The van der Waals surface area contributed by atoms with Crippen LogP contribution in [0.1, 0.15) is 10.5 Å². The summed E-state index contributed by atoms with van der Waals surface area (Å²) in [4.78, 5) is 14.8. The van der Waals surface area contributed by atoms with Crippen LogP contribution < -0.4 is 4.74 Å². The largest absolute Gasteiger partial charge is 0.483 e. The molecule has 0 saturated carbocycles. The molecule has 56 valence electrons. The minimum Gasteiger partial charge on any atom is -0.483 e. The van der Waals surface area contributed by atoms with E-state index in [0.717, 1.165) is 0 Å². The van der Waals surface area contributed by atoms with Crippen molar-refractivity contribution in [1.82, 2.24) is 4.98 Å². The van der Waals surface area contributed by atoms with Gasteiger partial charge in [0.2, 0.25) is 5.78 Å². The van der Waals surface area contributed by atoms with Crippen molar-refractivity contribution >= 4 is 17.4 Å². The van der Waals surface area contributed by atoms with Crippen LogP contribution in [0.15, 0.2) is 12.1 Å². The van der Waals surface area contributed by atoms with E-state index in [-0.39, 0.29) is 12.4 Å². The first-order chi connectivity index (χ1) is 5.27. The highest BCUT2D eigenvalue weighted by atomic mass is 35.5. The van der Waals surface area contributed by atoms with Crippen molar-refractivity contribution in [2.45, 2.75) is 0 Å². The van der Waals surface area contributed by atoms with Crippen LogP contribution in [0.4, 0.5) is 0 Å². The minimum atomic E-state index is -0.109. The Morgan fingerprint density at radius 3 is 3.18 bits per heavy atom. The first-order valence-electron chi connectivity index (χ1n) is 3.10. The molecule has 4 heteroatoms. The Balaban J connectivity index is 2.60. The fraction of sp³-hybridized carbons (Fsp3) is 0.143.